The highest BCUT2D eigenvalue weighted by Crippen LogP contribution is 2.34. The molecule has 0 aliphatic carbocycles. The molecule has 0 saturated heterocycles. The van der Waals surface area contributed by atoms with Crippen LogP contribution in [0.2, 0.25) is 0 Å². The van der Waals surface area contributed by atoms with Gasteiger partial charge in [-0.25, -0.2) is 9.98 Å². The zero-order valence-corrected chi connectivity index (χ0v) is 26.6. The van der Waals surface area contributed by atoms with Crippen LogP contribution in [0.4, 0.5) is 0 Å². The van der Waals surface area contributed by atoms with E-state index in [1.165, 1.54) is 0 Å². The van der Waals surface area contributed by atoms with E-state index in [2.05, 4.69) is 71.0 Å². The Morgan fingerprint density at radius 1 is 0.522 bits per heavy atom. The third-order valence-corrected chi connectivity index (χ3v) is 8.74. The van der Waals surface area contributed by atoms with E-state index < -0.39 is 0 Å². The smallest absolute Gasteiger partial charge is 0.160 e. The summed E-state index contributed by atoms with van der Waals surface area (Å²) in [5, 5.41) is 4.31. The number of hydrogen-bond acceptors (Lipinski definition) is 3. The second-order valence-electron chi connectivity index (χ2n) is 11.3. The van der Waals surface area contributed by atoms with E-state index >= 15 is 0 Å². The van der Waals surface area contributed by atoms with Gasteiger partial charge in [-0.3, -0.25) is 0 Å². The number of hydrogen-bond donors (Lipinski definition) is 0. The van der Waals surface area contributed by atoms with Gasteiger partial charge < -0.3 is 8.83 Å². The summed E-state index contributed by atoms with van der Waals surface area (Å²) in [7, 11) is 0. The van der Waals surface area contributed by atoms with Gasteiger partial charge in [-0.1, -0.05) is 95.3 Å². The standard InChI is InChI=1S/C41H27BrN2O2/c1-25(28-16-18-39-35(23-28)33-12-6-8-14-37(33)45-39)43-41(27-10-4-3-5-11-27)44-26(2)30-20-31(22-32(42)21-30)29-17-19-40-36(24-29)34-13-7-9-15-38(34)46-40/h3-24H,1H2,2H3. The molecule has 4 nitrogen and oxygen atoms in total. The largest absolute Gasteiger partial charge is 0.456 e. The molecule has 0 N–H and O–H groups in total. The molecule has 0 radical (unpaired) electrons. The van der Waals surface area contributed by atoms with E-state index in [1.807, 2.05) is 91.9 Å². The van der Waals surface area contributed by atoms with E-state index in [0.717, 1.165) is 81.9 Å². The molecular weight excluding hydrogens is 632 g/mol. The third kappa shape index (κ3) is 5.15. The molecule has 0 unspecified atom stereocenters. The van der Waals surface area contributed by atoms with Crippen LogP contribution in [0.5, 0.6) is 0 Å². The highest BCUT2D eigenvalue weighted by atomic mass is 79.9. The molecule has 0 fully saturated rings. The van der Waals surface area contributed by atoms with Crippen LogP contribution in [0.15, 0.2) is 163 Å². The van der Waals surface area contributed by atoms with Gasteiger partial charge in [0.15, 0.2) is 5.84 Å². The lowest BCUT2D eigenvalue weighted by Gasteiger charge is -2.10. The summed E-state index contributed by atoms with van der Waals surface area (Å²) in [6, 6.07) is 45.0. The van der Waals surface area contributed by atoms with Crippen LogP contribution in [0.3, 0.4) is 0 Å². The van der Waals surface area contributed by atoms with Gasteiger partial charge in [-0.05, 0) is 84.3 Å². The van der Waals surface area contributed by atoms with Crippen LogP contribution < -0.4 is 0 Å². The molecule has 2 aromatic heterocycles. The van der Waals surface area contributed by atoms with E-state index in [-0.39, 0.29) is 0 Å². The summed E-state index contributed by atoms with van der Waals surface area (Å²) in [4.78, 5) is 10.1. The monoisotopic (exact) mass is 658 g/mol. The van der Waals surface area contributed by atoms with Gasteiger partial charge in [0.05, 0.1) is 5.70 Å². The lowest BCUT2D eigenvalue weighted by atomic mass is 9.99. The minimum Gasteiger partial charge on any atom is -0.456 e. The SMILES string of the molecule is C=C(N=C(N=C(C)c1cc(Br)cc(-c2ccc3oc4ccccc4c3c2)c1)c1ccccc1)c1ccc2oc3ccccc3c2c1. The molecule has 0 spiro atoms. The Hall–Kier alpha value is -5.52. The average molecular weight is 660 g/mol. The predicted molar refractivity (Wildman–Crippen MR) is 195 cm³/mol. The Kier molecular flexibility index (Phi) is 6.96. The molecule has 0 aliphatic heterocycles. The number of benzene rings is 6. The van der Waals surface area contributed by atoms with E-state index in [4.69, 9.17) is 18.8 Å². The molecule has 0 aliphatic rings. The Balaban J connectivity index is 1.19. The maximum atomic E-state index is 6.06. The number of amidine groups is 1. The molecule has 8 rings (SSSR count). The summed E-state index contributed by atoms with van der Waals surface area (Å²) in [5.41, 5.74) is 9.91. The van der Waals surface area contributed by atoms with Crippen LogP contribution in [-0.4, -0.2) is 11.5 Å². The Morgan fingerprint density at radius 3 is 1.85 bits per heavy atom. The third-order valence-electron chi connectivity index (χ3n) is 8.28. The fourth-order valence-electron chi connectivity index (χ4n) is 5.93. The topological polar surface area (TPSA) is 51.0 Å². The van der Waals surface area contributed by atoms with Gasteiger partial charge >= 0.3 is 0 Å². The molecule has 220 valence electrons. The fourth-order valence-corrected chi connectivity index (χ4v) is 6.43. The molecule has 0 atom stereocenters. The van der Waals surface area contributed by atoms with Gasteiger partial charge in [-0.2, -0.15) is 0 Å². The Morgan fingerprint density at radius 2 is 1.13 bits per heavy atom. The van der Waals surface area contributed by atoms with Gasteiger partial charge in [-0.15, -0.1) is 0 Å². The molecule has 0 amide bonds. The quantitative estimate of drug-likeness (QED) is 0.136. The van der Waals surface area contributed by atoms with Crippen molar-refractivity contribution < 1.29 is 8.83 Å². The lowest BCUT2D eigenvalue weighted by Crippen LogP contribution is -2.04. The van der Waals surface area contributed by atoms with Crippen molar-refractivity contribution in [3.05, 3.63) is 161 Å². The fraction of sp³-hybridized carbons (Fsp3) is 0.0244. The number of furan rings is 2. The predicted octanol–water partition coefficient (Wildman–Crippen LogP) is 11.8. The lowest BCUT2D eigenvalue weighted by molar-refractivity contribution is 0.668. The van der Waals surface area contributed by atoms with Crippen LogP contribution in [-0.2, 0) is 0 Å². The zero-order valence-electron chi connectivity index (χ0n) is 25.0. The summed E-state index contributed by atoms with van der Waals surface area (Å²) in [5.74, 6) is 0.591. The summed E-state index contributed by atoms with van der Waals surface area (Å²) >= 11 is 3.75. The maximum Gasteiger partial charge on any atom is 0.160 e. The number of fused-ring (bicyclic) bond motifs is 6. The van der Waals surface area contributed by atoms with E-state index in [0.29, 0.717) is 11.5 Å². The minimum atomic E-state index is 0.591. The molecular formula is C41H27BrN2O2. The number of nitrogens with zero attached hydrogens (tertiary/aromatic N) is 2. The molecule has 46 heavy (non-hydrogen) atoms. The van der Waals surface area contributed by atoms with Crippen LogP contribution in [0.1, 0.15) is 23.6 Å². The first-order valence-corrected chi connectivity index (χ1v) is 15.8. The van der Waals surface area contributed by atoms with E-state index in [1.54, 1.807) is 0 Å². The normalized spacial score (nSPS) is 12.5. The molecule has 6 aromatic carbocycles. The molecule has 8 aromatic rings. The van der Waals surface area contributed by atoms with Gasteiger partial charge in [0.25, 0.3) is 0 Å². The van der Waals surface area contributed by atoms with Crippen molar-refractivity contribution in [3.63, 3.8) is 0 Å². The number of rotatable bonds is 5. The second-order valence-corrected chi connectivity index (χ2v) is 12.2. The van der Waals surface area contributed by atoms with Crippen LogP contribution in [0.25, 0.3) is 60.7 Å². The first-order chi connectivity index (χ1) is 22.5. The van der Waals surface area contributed by atoms with Crippen LogP contribution >= 0.6 is 15.9 Å². The summed E-state index contributed by atoms with van der Waals surface area (Å²) in [6.45, 7) is 6.37. The average Bonchev–Trinajstić information content (AvgIpc) is 3.65. The Bertz CT molecular complexity index is 2520. The molecule has 2 heterocycles. The van der Waals surface area contributed by atoms with Crippen LogP contribution in [0, 0.1) is 0 Å². The van der Waals surface area contributed by atoms with Crippen molar-refractivity contribution in [2.24, 2.45) is 9.98 Å². The van der Waals surface area contributed by atoms with Gasteiger partial charge in [0.1, 0.15) is 22.3 Å². The van der Waals surface area contributed by atoms with Crippen molar-refractivity contribution in [2.45, 2.75) is 6.92 Å². The van der Waals surface area contributed by atoms with E-state index in [9.17, 15) is 0 Å². The molecule has 5 heteroatoms. The second kappa shape index (κ2) is 11.4. The van der Waals surface area contributed by atoms with Crippen molar-refractivity contribution in [1.29, 1.82) is 0 Å². The van der Waals surface area contributed by atoms with Crippen molar-refractivity contribution in [1.82, 2.24) is 0 Å². The van der Waals surface area contributed by atoms with Crippen molar-refractivity contribution in [2.75, 3.05) is 0 Å². The molecule has 0 bridgehead atoms. The van der Waals surface area contributed by atoms with Crippen molar-refractivity contribution >= 4 is 77.1 Å². The Labute approximate surface area is 274 Å². The highest BCUT2D eigenvalue weighted by molar-refractivity contribution is 9.10. The number of para-hydroxylation sites is 2. The summed E-state index contributed by atoms with van der Waals surface area (Å²) in [6.07, 6.45) is 0. The van der Waals surface area contributed by atoms with Gasteiger partial charge in [0, 0.05) is 42.9 Å². The minimum absolute atomic E-state index is 0.591. The zero-order chi connectivity index (χ0) is 31.2. The maximum absolute atomic E-state index is 6.06. The number of aliphatic imine (C=N–C) groups is 2. The van der Waals surface area contributed by atoms with Crippen molar-refractivity contribution in [3.8, 4) is 11.1 Å². The van der Waals surface area contributed by atoms with Gasteiger partial charge in [0.2, 0.25) is 0 Å². The highest BCUT2D eigenvalue weighted by Gasteiger charge is 2.13. The summed E-state index contributed by atoms with van der Waals surface area (Å²) < 4.78 is 13.1. The first-order valence-electron chi connectivity index (χ1n) is 15.0. The molecule has 0 saturated carbocycles. The first kappa shape index (κ1) is 28.0. The number of halogens is 1.